The van der Waals surface area contributed by atoms with Crippen molar-refractivity contribution < 1.29 is 4.74 Å². The largest absolute Gasteiger partial charge is 0.490 e. The molecule has 1 fully saturated rings. The lowest BCUT2D eigenvalue weighted by Gasteiger charge is -2.07. The van der Waals surface area contributed by atoms with Crippen LogP contribution in [0.2, 0.25) is 0 Å². The van der Waals surface area contributed by atoms with E-state index in [-0.39, 0.29) is 0 Å². The molecule has 0 spiro atoms. The van der Waals surface area contributed by atoms with Crippen LogP contribution in [0.25, 0.3) is 0 Å². The lowest BCUT2D eigenvalue weighted by atomic mass is 10.1. The maximum Gasteiger partial charge on any atom is 0.156 e. The van der Waals surface area contributed by atoms with Gasteiger partial charge in [-0.25, -0.2) is 0 Å². The number of hydrogen-bond acceptors (Lipinski definition) is 2. The fourth-order valence-electron chi connectivity index (χ4n) is 1.20. The van der Waals surface area contributed by atoms with E-state index in [2.05, 4.69) is 17.1 Å². The van der Waals surface area contributed by atoms with Gasteiger partial charge < -0.3 is 4.74 Å². The molecule has 1 saturated carbocycles. The van der Waals surface area contributed by atoms with Crippen molar-refractivity contribution >= 4 is 0 Å². The zero-order chi connectivity index (χ0) is 8.44. The minimum atomic E-state index is 0.587. The molecule has 66 valence electrons. The first-order chi connectivity index (χ1) is 5.79. The fourth-order valence-corrected chi connectivity index (χ4v) is 1.20. The molecular weight excluding hydrogens is 152 g/mol. The predicted octanol–water partition coefficient (Wildman–Crippen LogP) is 1.98. The van der Waals surface area contributed by atoms with E-state index in [0.29, 0.717) is 5.41 Å². The van der Waals surface area contributed by atoms with Crippen molar-refractivity contribution in [2.45, 2.75) is 26.2 Å². The van der Waals surface area contributed by atoms with E-state index in [4.69, 9.17) is 4.74 Å². The van der Waals surface area contributed by atoms with Gasteiger partial charge in [-0.05, 0) is 24.7 Å². The number of aromatic amines is 1. The molecule has 2 rings (SSSR count). The number of aromatic nitrogens is 2. The van der Waals surface area contributed by atoms with Gasteiger partial charge >= 0.3 is 0 Å². The van der Waals surface area contributed by atoms with Gasteiger partial charge in [0.25, 0.3) is 0 Å². The number of nitrogens with one attached hydrogen (secondary N) is 1. The molecule has 0 radical (unpaired) electrons. The summed E-state index contributed by atoms with van der Waals surface area (Å²) in [6.07, 6.45) is 7.37. The summed E-state index contributed by atoms with van der Waals surface area (Å²) in [5, 5.41) is 6.52. The van der Waals surface area contributed by atoms with Gasteiger partial charge in [0.15, 0.2) is 5.75 Å². The Hall–Kier alpha value is -0.990. The third-order valence-electron chi connectivity index (χ3n) is 2.55. The van der Waals surface area contributed by atoms with Crippen molar-refractivity contribution in [2.75, 3.05) is 6.61 Å². The first-order valence-corrected chi connectivity index (χ1v) is 4.40. The summed E-state index contributed by atoms with van der Waals surface area (Å²) < 4.78 is 5.47. The van der Waals surface area contributed by atoms with Gasteiger partial charge in [-0.3, -0.25) is 5.10 Å². The summed E-state index contributed by atoms with van der Waals surface area (Å²) in [4.78, 5) is 0. The van der Waals surface area contributed by atoms with Crippen molar-refractivity contribution in [1.82, 2.24) is 10.2 Å². The summed E-state index contributed by atoms with van der Waals surface area (Å²) in [6.45, 7) is 3.13. The number of ether oxygens (including phenoxy) is 1. The Morgan fingerprint density at radius 2 is 2.50 bits per heavy atom. The molecule has 0 aromatic carbocycles. The fraction of sp³-hybridized carbons (Fsp3) is 0.667. The van der Waals surface area contributed by atoms with Crippen molar-refractivity contribution in [3.05, 3.63) is 12.4 Å². The van der Waals surface area contributed by atoms with Crippen LogP contribution in [0.3, 0.4) is 0 Å². The molecule has 0 aliphatic heterocycles. The van der Waals surface area contributed by atoms with Crippen LogP contribution >= 0.6 is 0 Å². The van der Waals surface area contributed by atoms with E-state index >= 15 is 0 Å². The van der Waals surface area contributed by atoms with Gasteiger partial charge in [0.2, 0.25) is 0 Å². The van der Waals surface area contributed by atoms with Crippen molar-refractivity contribution in [3.8, 4) is 5.75 Å². The molecule has 0 amide bonds. The SMILES string of the molecule is CC1(CCOc2cn[nH]c2)CC1. The molecule has 3 nitrogen and oxygen atoms in total. The first kappa shape index (κ1) is 7.65. The van der Waals surface area contributed by atoms with Gasteiger partial charge in [0.05, 0.1) is 19.0 Å². The van der Waals surface area contributed by atoms with Crippen LogP contribution in [0.5, 0.6) is 5.75 Å². The van der Waals surface area contributed by atoms with Crippen LogP contribution in [-0.2, 0) is 0 Å². The van der Waals surface area contributed by atoms with Crippen LogP contribution in [0.15, 0.2) is 12.4 Å². The lowest BCUT2D eigenvalue weighted by molar-refractivity contribution is 0.277. The smallest absolute Gasteiger partial charge is 0.156 e. The molecular formula is C9H14N2O. The van der Waals surface area contributed by atoms with Gasteiger partial charge in [0, 0.05) is 0 Å². The summed E-state index contributed by atoms with van der Waals surface area (Å²) in [5.74, 6) is 0.847. The predicted molar refractivity (Wildman–Crippen MR) is 46.0 cm³/mol. The normalized spacial score (nSPS) is 19.1. The van der Waals surface area contributed by atoms with Gasteiger partial charge in [-0.15, -0.1) is 0 Å². The molecule has 12 heavy (non-hydrogen) atoms. The molecule has 1 aliphatic rings. The molecule has 1 aromatic rings. The van der Waals surface area contributed by atoms with Crippen molar-refractivity contribution in [3.63, 3.8) is 0 Å². The molecule has 0 atom stereocenters. The van der Waals surface area contributed by atoms with Gasteiger partial charge in [-0.1, -0.05) is 6.92 Å². The monoisotopic (exact) mass is 166 g/mol. The molecule has 1 heterocycles. The Labute approximate surface area is 72.1 Å². The summed E-state index contributed by atoms with van der Waals surface area (Å²) in [6, 6.07) is 0. The zero-order valence-electron chi connectivity index (χ0n) is 7.34. The van der Waals surface area contributed by atoms with Crippen molar-refractivity contribution in [2.24, 2.45) is 5.41 Å². The molecule has 1 N–H and O–H groups in total. The topological polar surface area (TPSA) is 37.9 Å². The van der Waals surface area contributed by atoms with Gasteiger partial charge in [-0.2, -0.15) is 5.10 Å². The van der Waals surface area contributed by atoms with E-state index in [1.54, 1.807) is 12.4 Å². The Morgan fingerprint density at radius 1 is 1.67 bits per heavy atom. The summed E-state index contributed by atoms with van der Waals surface area (Å²) in [7, 11) is 0. The van der Waals surface area contributed by atoms with Crippen LogP contribution in [0.4, 0.5) is 0 Å². The van der Waals surface area contributed by atoms with Gasteiger partial charge in [0.1, 0.15) is 0 Å². The lowest BCUT2D eigenvalue weighted by Crippen LogP contribution is -2.03. The second-order valence-electron chi connectivity index (χ2n) is 3.84. The molecule has 1 aliphatic carbocycles. The quantitative estimate of drug-likeness (QED) is 0.742. The van der Waals surface area contributed by atoms with E-state index in [9.17, 15) is 0 Å². The second kappa shape index (κ2) is 2.81. The van der Waals surface area contributed by atoms with Crippen LogP contribution in [0.1, 0.15) is 26.2 Å². The first-order valence-electron chi connectivity index (χ1n) is 4.40. The Balaban J connectivity index is 1.69. The highest BCUT2D eigenvalue weighted by molar-refractivity contribution is 5.10. The highest BCUT2D eigenvalue weighted by Crippen LogP contribution is 2.47. The highest BCUT2D eigenvalue weighted by Gasteiger charge is 2.36. The number of rotatable bonds is 4. The van der Waals surface area contributed by atoms with E-state index in [1.807, 2.05) is 0 Å². The maximum absolute atomic E-state index is 5.47. The maximum atomic E-state index is 5.47. The highest BCUT2D eigenvalue weighted by atomic mass is 16.5. The third-order valence-corrected chi connectivity index (χ3v) is 2.55. The second-order valence-corrected chi connectivity index (χ2v) is 3.84. The van der Waals surface area contributed by atoms with Crippen molar-refractivity contribution in [1.29, 1.82) is 0 Å². The Kier molecular flexibility index (Phi) is 1.79. The molecule has 0 saturated heterocycles. The molecule has 0 bridgehead atoms. The van der Waals surface area contributed by atoms with Crippen LogP contribution in [-0.4, -0.2) is 16.8 Å². The van der Waals surface area contributed by atoms with Crippen LogP contribution < -0.4 is 4.74 Å². The number of H-pyrrole nitrogens is 1. The Bertz CT molecular complexity index is 239. The molecule has 3 heteroatoms. The van der Waals surface area contributed by atoms with E-state index in [1.165, 1.54) is 12.8 Å². The minimum Gasteiger partial charge on any atom is -0.490 e. The zero-order valence-corrected chi connectivity index (χ0v) is 7.34. The van der Waals surface area contributed by atoms with E-state index in [0.717, 1.165) is 18.8 Å². The number of nitrogens with zero attached hydrogens (tertiary/aromatic N) is 1. The average Bonchev–Trinajstić information content (AvgIpc) is 2.61. The standard InChI is InChI=1S/C9H14N2O/c1-9(2-3-9)4-5-12-8-6-10-11-7-8/h6-7H,2-5H2,1H3,(H,10,11). The molecule has 1 aromatic heterocycles. The van der Waals surface area contributed by atoms with E-state index < -0.39 is 0 Å². The summed E-state index contributed by atoms with van der Waals surface area (Å²) >= 11 is 0. The van der Waals surface area contributed by atoms with Crippen LogP contribution in [0, 0.1) is 5.41 Å². The number of hydrogen-bond donors (Lipinski definition) is 1. The minimum absolute atomic E-state index is 0.587. The average molecular weight is 166 g/mol. The summed E-state index contributed by atoms with van der Waals surface area (Å²) in [5.41, 5.74) is 0.587. The third kappa shape index (κ3) is 1.78. The molecule has 0 unspecified atom stereocenters. The Morgan fingerprint density at radius 3 is 3.08 bits per heavy atom.